The molecule has 25 heavy (non-hydrogen) atoms. The van der Waals surface area contributed by atoms with Crippen LogP contribution in [0.5, 0.6) is 5.75 Å². The molecule has 2 atom stereocenters. The van der Waals surface area contributed by atoms with Crippen LogP contribution in [0.4, 0.5) is 0 Å². The number of carbonyl (C=O) groups excluding carboxylic acids is 2. The zero-order chi connectivity index (χ0) is 17.8. The van der Waals surface area contributed by atoms with Gasteiger partial charge in [0.2, 0.25) is 11.8 Å². The fourth-order valence-electron chi connectivity index (χ4n) is 3.74. The number of nitrogens with one attached hydrogen (secondary N) is 1. The average molecular weight is 345 g/mol. The maximum Gasteiger partial charge on any atom is 0.236 e. The number of rotatable bonds is 4. The van der Waals surface area contributed by atoms with Crippen LogP contribution in [0, 0.1) is 0 Å². The van der Waals surface area contributed by atoms with Gasteiger partial charge >= 0.3 is 0 Å². The molecule has 1 aromatic rings. The Labute approximate surface area is 149 Å². The molecule has 3 rings (SSSR count). The van der Waals surface area contributed by atoms with Crippen molar-refractivity contribution in [3.63, 3.8) is 0 Å². The SMILES string of the molecule is COc1cccc(C(C)C(=O)N2CCCC(N3CCNCC3=O)C2)c1. The van der Waals surface area contributed by atoms with Gasteiger partial charge < -0.3 is 19.9 Å². The van der Waals surface area contributed by atoms with E-state index in [4.69, 9.17) is 4.74 Å². The van der Waals surface area contributed by atoms with Gasteiger partial charge in [-0.05, 0) is 37.5 Å². The molecule has 2 amide bonds. The second kappa shape index (κ2) is 7.87. The number of benzene rings is 1. The van der Waals surface area contributed by atoms with Crippen molar-refractivity contribution in [2.75, 3.05) is 39.8 Å². The number of carbonyl (C=O) groups is 2. The van der Waals surface area contributed by atoms with Crippen LogP contribution in [-0.2, 0) is 9.59 Å². The number of hydrogen-bond acceptors (Lipinski definition) is 4. The molecule has 6 nitrogen and oxygen atoms in total. The molecule has 0 aliphatic carbocycles. The highest BCUT2D eigenvalue weighted by atomic mass is 16.5. The normalized spacial score (nSPS) is 22.6. The maximum absolute atomic E-state index is 13.0. The number of amides is 2. The standard InChI is InChI=1S/C19H27N3O3/c1-14(15-5-3-7-17(11-15)25-2)19(24)21-9-4-6-16(13-21)22-10-8-20-12-18(22)23/h3,5,7,11,14,16,20H,4,6,8-10,12-13H2,1-2H3. The summed E-state index contributed by atoms with van der Waals surface area (Å²) >= 11 is 0. The van der Waals surface area contributed by atoms with Gasteiger partial charge in [0.15, 0.2) is 0 Å². The van der Waals surface area contributed by atoms with Crippen molar-refractivity contribution in [2.45, 2.75) is 31.7 Å². The minimum absolute atomic E-state index is 0.125. The third-order valence-electron chi connectivity index (χ3n) is 5.24. The molecule has 1 N–H and O–H groups in total. The second-order valence-electron chi connectivity index (χ2n) is 6.84. The Hall–Kier alpha value is -2.08. The lowest BCUT2D eigenvalue weighted by Crippen LogP contribution is -2.57. The summed E-state index contributed by atoms with van der Waals surface area (Å²) in [5.41, 5.74) is 0.963. The van der Waals surface area contributed by atoms with Crippen LogP contribution in [0.2, 0.25) is 0 Å². The fourth-order valence-corrected chi connectivity index (χ4v) is 3.74. The van der Waals surface area contributed by atoms with Crippen molar-refractivity contribution >= 4 is 11.8 Å². The number of nitrogens with zero attached hydrogens (tertiary/aromatic N) is 2. The summed E-state index contributed by atoms with van der Waals surface area (Å²) in [5, 5.41) is 3.10. The van der Waals surface area contributed by atoms with Crippen molar-refractivity contribution < 1.29 is 14.3 Å². The van der Waals surface area contributed by atoms with E-state index in [0.29, 0.717) is 13.1 Å². The Morgan fingerprint density at radius 3 is 2.96 bits per heavy atom. The minimum atomic E-state index is -0.215. The lowest BCUT2D eigenvalue weighted by Gasteiger charge is -2.41. The predicted octanol–water partition coefficient (Wildman–Crippen LogP) is 1.22. The van der Waals surface area contributed by atoms with Crippen LogP contribution in [-0.4, -0.2) is 67.5 Å². The van der Waals surface area contributed by atoms with Crippen molar-refractivity contribution in [1.82, 2.24) is 15.1 Å². The first kappa shape index (κ1) is 17.7. The van der Waals surface area contributed by atoms with Crippen LogP contribution in [0.1, 0.15) is 31.2 Å². The van der Waals surface area contributed by atoms with Gasteiger partial charge in [-0.1, -0.05) is 12.1 Å². The van der Waals surface area contributed by atoms with Gasteiger partial charge in [-0.25, -0.2) is 0 Å². The Kier molecular flexibility index (Phi) is 5.58. The largest absolute Gasteiger partial charge is 0.497 e. The molecule has 0 radical (unpaired) electrons. The summed E-state index contributed by atoms with van der Waals surface area (Å²) in [6.07, 6.45) is 1.92. The van der Waals surface area contributed by atoms with Crippen molar-refractivity contribution in [3.8, 4) is 5.75 Å². The quantitative estimate of drug-likeness (QED) is 0.891. The zero-order valence-corrected chi connectivity index (χ0v) is 15.0. The molecule has 2 aliphatic rings. The number of ether oxygens (including phenoxy) is 1. The molecule has 6 heteroatoms. The van der Waals surface area contributed by atoms with E-state index in [0.717, 1.165) is 43.8 Å². The molecule has 0 spiro atoms. The van der Waals surface area contributed by atoms with Crippen LogP contribution in [0.15, 0.2) is 24.3 Å². The van der Waals surface area contributed by atoms with Gasteiger partial charge in [0.1, 0.15) is 5.75 Å². The first-order valence-electron chi connectivity index (χ1n) is 9.03. The third kappa shape index (κ3) is 3.95. The highest BCUT2D eigenvalue weighted by molar-refractivity contribution is 5.84. The van der Waals surface area contributed by atoms with Crippen molar-refractivity contribution in [1.29, 1.82) is 0 Å². The van der Waals surface area contributed by atoms with E-state index in [1.54, 1.807) is 7.11 Å². The van der Waals surface area contributed by atoms with Gasteiger partial charge in [-0.2, -0.15) is 0 Å². The fraction of sp³-hybridized carbons (Fsp3) is 0.579. The first-order valence-corrected chi connectivity index (χ1v) is 9.03. The van der Waals surface area contributed by atoms with Crippen molar-refractivity contribution in [3.05, 3.63) is 29.8 Å². The molecule has 2 heterocycles. The van der Waals surface area contributed by atoms with E-state index in [-0.39, 0.29) is 23.8 Å². The van der Waals surface area contributed by atoms with E-state index in [9.17, 15) is 9.59 Å². The van der Waals surface area contributed by atoms with Gasteiger partial charge in [-0.3, -0.25) is 9.59 Å². The molecule has 2 unspecified atom stereocenters. The van der Waals surface area contributed by atoms with E-state index in [1.165, 1.54) is 0 Å². The second-order valence-corrected chi connectivity index (χ2v) is 6.84. The topological polar surface area (TPSA) is 61.9 Å². The molecule has 2 fully saturated rings. The van der Waals surface area contributed by atoms with E-state index in [1.807, 2.05) is 41.0 Å². The van der Waals surface area contributed by atoms with Gasteiger partial charge in [0, 0.05) is 32.2 Å². The highest BCUT2D eigenvalue weighted by Crippen LogP contribution is 2.25. The van der Waals surface area contributed by atoms with Crippen LogP contribution >= 0.6 is 0 Å². The molecular weight excluding hydrogens is 318 g/mol. The molecular formula is C19H27N3O3. The average Bonchev–Trinajstić information content (AvgIpc) is 2.67. The summed E-state index contributed by atoms with van der Waals surface area (Å²) in [5.74, 6) is 0.819. The number of hydrogen-bond donors (Lipinski definition) is 1. The number of methoxy groups -OCH3 is 1. The number of piperazine rings is 1. The minimum Gasteiger partial charge on any atom is -0.497 e. The Morgan fingerprint density at radius 2 is 2.20 bits per heavy atom. The number of likely N-dealkylation sites (tertiary alicyclic amines) is 1. The van der Waals surface area contributed by atoms with E-state index >= 15 is 0 Å². The Morgan fingerprint density at radius 1 is 1.36 bits per heavy atom. The summed E-state index contributed by atoms with van der Waals surface area (Å²) in [6.45, 7) is 5.32. The monoisotopic (exact) mass is 345 g/mol. The molecule has 136 valence electrons. The Balaban J connectivity index is 1.67. The predicted molar refractivity (Wildman–Crippen MR) is 95.6 cm³/mol. The summed E-state index contributed by atoms with van der Waals surface area (Å²) in [7, 11) is 1.63. The van der Waals surface area contributed by atoms with Gasteiger partial charge in [0.05, 0.1) is 19.6 Å². The molecule has 2 aliphatic heterocycles. The lowest BCUT2D eigenvalue weighted by atomic mass is 9.96. The smallest absolute Gasteiger partial charge is 0.236 e. The molecule has 0 aromatic heterocycles. The highest BCUT2D eigenvalue weighted by Gasteiger charge is 2.33. The lowest BCUT2D eigenvalue weighted by molar-refractivity contribution is -0.141. The number of piperidine rings is 1. The molecule has 1 aromatic carbocycles. The third-order valence-corrected chi connectivity index (χ3v) is 5.24. The van der Waals surface area contributed by atoms with E-state index < -0.39 is 0 Å². The Bertz CT molecular complexity index is 634. The maximum atomic E-state index is 13.0. The molecule has 0 bridgehead atoms. The summed E-state index contributed by atoms with van der Waals surface area (Å²) in [4.78, 5) is 29.0. The van der Waals surface area contributed by atoms with E-state index in [2.05, 4.69) is 5.32 Å². The summed E-state index contributed by atoms with van der Waals surface area (Å²) in [6, 6.07) is 7.82. The first-order chi connectivity index (χ1) is 12.1. The summed E-state index contributed by atoms with van der Waals surface area (Å²) < 4.78 is 5.26. The van der Waals surface area contributed by atoms with Crippen molar-refractivity contribution in [2.24, 2.45) is 0 Å². The van der Waals surface area contributed by atoms with Gasteiger partial charge in [-0.15, -0.1) is 0 Å². The van der Waals surface area contributed by atoms with Gasteiger partial charge in [0.25, 0.3) is 0 Å². The zero-order valence-electron chi connectivity index (χ0n) is 15.0. The van der Waals surface area contributed by atoms with Crippen LogP contribution < -0.4 is 10.1 Å². The molecule has 2 saturated heterocycles. The van der Waals surface area contributed by atoms with Crippen LogP contribution in [0.3, 0.4) is 0 Å². The van der Waals surface area contributed by atoms with Crippen LogP contribution in [0.25, 0.3) is 0 Å². The molecule has 0 saturated carbocycles.